The molecule has 0 amide bonds. The van der Waals surface area contributed by atoms with Crippen LogP contribution in [-0.4, -0.2) is 14.9 Å². The summed E-state index contributed by atoms with van der Waals surface area (Å²) in [6.07, 6.45) is 1.50. The maximum atomic E-state index is 11.3. The second kappa shape index (κ2) is 3.34. The van der Waals surface area contributed by atoms with Crippen molar-refractivity contribution in [1.29, 1.82) is 0 Å². The smallest absolute Gasteiger partial charge is 0.293 e. The Morgan fingerprint density at radius 3 is 2.75 bits per heavy atom. The van der Waals surface area contributed by atoms with E-state index >= 15 is 0 Å². The molecule has 12 heavy (non-hydrogen) atoms. The fourth-order valence-corrected chi connectivity index (χ4v) is 0.903. The lowest BCUT2D eigenvalue weighted by Crippen LogP contribution is -2.33. The third-order valence-electron chi connectivity index (χ3n) is 1.62. The van der Waals surface area contributed by atoms with E-state index in [0.717, 1.165) is 11.1 Å². The molecule has 0 fully saturated rings. The van der Waals surface area contributed by atoms with Gasteiger partial charge in [0.15, 0.2) is 5.82 Å². The van der Waals surface area contributed by atoms with Crippen molar-refractivity contribution in [2.24, 2.45) is 0 Å². The molecule has 0 bridgehead atoms. The Morgan fingerprint density at radius 2 is 2.17 bits per heavy atom. The largest absolute Gasteiger partial charge is 0.335 e. The van der Waals surface area contributed by atoms with Crippen molar-refractivity contribution in [1.82, 2.24) is 14.9 Å². The predicted octanol–water partition coefficient (Wildman–Crippen LogP) is -0.387. The fraction of sp³-hybridized carbons (Fsp3) is 0.571. The summed E-state index contributed by atoms with van der Waals surface area (Å²) in [7, 11) is 0. The van der Waals surface area contributed by atoms with Gasteiger partial charge in [0.05, 0.1) is 0 Å². The number of rotatable bonds is 2. The van der Waals surface area contributed by atoms with Crippen molar-refractivity contribution in [3.63, 3.8) is 0 Å². The molecule has 0 aliphatic heterocycles. The monoisotopic (exact) mass is 168 g/mol. The second-order valence-electron chi connectivity index (χ2n) is 2.62. The zero-order valence-electron chi connectivity index (χ0n) is 7.24. The van der Waals surface area contributed by atoms with E-state index in [2.05, 4.69) is 10.2 Å². The van der Waals surface area contributed by atoms with Crippen molar-refractivity contribution in [2.45, 2.75) is 26.7 Å². The highest BCUT2D eigenvalue weighted by molar-refractivity contribution is 4.97. The minimum Gasteiger partial charge on any atom is -0.335 e. The molecule has 1 heterocycles. The molecule has 66 valence electrons. The first-order valence-electron chi connectivity index (χ1n) is 3.87. The minimum atomic E-state index is -0.246. The Kier molecular flexibility index (Phi) is 2.42. The molecule has 0 aromatic carbocycles. The number of aromatic nitrogens is 3. The molecular formula is C7H12N4O. The fourth-order valence-electron chi connectivity index (χ4n) is 0.903. The molecule has 0 saturated carbocycles. The van der Waals surface area contributed by atoms with E-state index in [9.17, 15) is 4.79 Å². The first-order chi connectivity index (χ1) is 5.66. The Labute approximate surface area is 70.2 Å². The third kappa shape index (κ3) is 1.44. The summed E-state index contributed by atoms with van der Waals surface area (Å²) in [5.41, 5.74) is 0.190. The molecule has 5 nitrogen and oxygen atoms in total. The van der Waals surface area contributed by atoms with E-state index in [1.54, 1.807) is 6.92 Å². The van der Waals surface area contributed by atoms with Crippen LogP contribution in [-0.2, 0) is 6.42 Å². The topological polar surface area (TPSA) is 73.8 Å². The molecule has 1 rings (SSSR count). The van der Waals surface area contributed by atoms with Crippen LogP contribution in [0.5, 0.6) is 0 Å². The summed E-state index contributed by atoms with van der Waals surface area (Å²) in [6.45, 7) is 3.62. The number of nitrogens with two attached hydrogens (primary N) is 1. The van der Waals surface area contributed by atoms with Crippen molar-refractivity contribution < 1.29 is 0 Å². The number of nitrogen functional groups attached to an aromatic ring is 1. The predicted molar refractivity (Wildman–Crippen MR) is 45.2 cm³/mol. The minimum absolute atomic E-state index is 0.246. The van der Waals surface area contributed by atoms with Gasteiger partial charge in [-0.15, -0.1) is 10.2 Å². The Morgan fingerprint density at radius 1 is 1.50 bits per heavy atom. The van der Waals surface area contributed by atoms with E-state index < -0.39 is 0 Å². The standard InChI is InChI=1S/C7H12N4O/c1-3-4-6-7(12)11(8)5(2)9-10-6/h3-4,8H2,1-2H3. The van der Waals surface area contributed by atoms with Crippen molar-refractivity contribution in [2.75, 3.05) is 5.84 Å². The first-order valence-corrected chi connectivity index (χ1v) is 3.87. The lowest BCUT2D eigenvalue weighted by molar-refractivity contribution is 0.710. The molecule has 0 radical (unpaired) electrons. The maximum Gasteiger partial charge on any atom is 0.293 e. The molecule has 5 heteroatoms. The van der Waals surface area contributed by atoms with Crippen LogP contribution >= 0.6 is 0 Å². The van der Waals surface area contributed by atoms with Crippen molar-refractivity contribution in [3.8, 4) is 0 Å². The molecule has 1 aromatic rings. The number of hydrogen-bond donors (Lipinski definition) is 1. The highest BCUT2D eigenvalue weighted by Gasteiger charge is 2.04. The van der Waals surface area contributed by atoms with E-state index in [1.165, 1.54) is 0 Å². The van der Waals surface area contributed by atoms with Crippen molar-refractivity contribution >= 4 is 0 Å². The molecule has 0 saturated heterocycles. The zero-order chi connectivity index (χ0) is 9.14. The van der Waals surface area contributed by atoms with Crippen LogP contribution in [0.15, 0.2) is 4.79 Å². The SMILES string of the molecule is CCCc1nnc(C)n(N)c1=O. The number of aryl methyl sites for hydroxylation is 2. The van der Waals surface area contributed by atoms with Gasteiger partial charge in [-0.3, -0.25) is 4.79 Å². The van der Waals surface area contributed by atoms with E-state index in [1.807, 2.05) is 6.92 Å². The van der Waals surface area contributed by atoms with Gasteiger partial charge < -0.3 is 5.84 Å². The van der Waals surface area contributed by atoms with Gasteiger partial charge in [0, 0.05) is 0 Å². The van der Waals surface area contributed by atoms with Crippen LogP contribution in [0.2, 0.25) is 0 Å². The summed E-state index contributed by atoms with van der Waals surface area (Å²) in [6, 6.07) is 0. The highest BCUT2D eigenvalue weighted by atomic mass is 16.1. The Balaban J connectivity index is 3.18. The normalized spacial score (nSPS) is 10.2. The number of nitrogens with zero attached hydrogens (tertiary/aromatic N) is 3. The molecule has 2 N–H and O–H groups in total. The Hall–Kier alpha value is -1.39. The van der Waals surface area contributed by atoms with Gasteiger partial charge in [0.25, 0.3) is 5.56 Å². The summed E-state index contributed by atoms with van der Waals surface area (Å²) in [4.78, 5) is 11.3. The lowest BCUT2D eigenvalue weighted by Gasteiger charge is -2.02. The van der Waals surface area contributed by atoms with Gasteiger partial charge in [-0.25, -0.2) is 4.68 Å². The van der Waals surface area contributed by atoms with Gasteiger partial charge in [0.2, 0.25) is 0 Å². The molecular weight excluding hydrogens is 156 g/mol. The summed E-state index contributed by atoms with van der Waals surface area (Å²) >= 11 is 0. The summed E-state index contributed by atoms with van der Waals surface area (Å²) < 4.78 is 1.03. The van der Waals surface area contributed by atoms with Crippen LogP contribution in [0.1, 0.15) is 24.9 Å². The van der Waals surface area contributed by atoms with E-state index in [-0.39, 0.29) is 5.56 Å². The first kappa shape index (κ1) is 8.70. The average molecular weight is 168 g/mol. The molecule has 0 spiro atoms. The van der Waals surface area contributed by atoms with E-state index in [4.69, 9.17) is 5.84 Å². The third-order valence-corrected chi connectivity index (χ3v) is 1.62. The van der Waals surface area contributed by atoms with Gasteiger partial charge in [-0.2, -0.15) is 0 Å². The average Bonchev–Trinajstić information content (AvgIpc) is 2.07. The summed E-state index contributed by atoms with van der Waals surface area (Å²) in [5.74, 6) is 5.85. The van der Waals surface area contributed by atoms with Crippen LogP contribution in [0, 0.1) is 6.92 Å². The van der Waals surface area contributed by atoms with Gasteiger partial charge in [0.1, 0.15) is 5.69 Å². The highest BCUT2D eigenvalue weighted by Crippen LogP contribution is 1.90. The second-order valence-corrected chi connectivity index (χ2v) is 2.62. The van der Waals surface area contributed by atoms with Crippen LogP contribution in [0.3, 0.4) is 0 Å². The summed E-state index contributed by atoms with van der Waals surface area (Å²) in [5, 5.41) is 7.51. The maximum absolute atomic E-state index is 11.3. The molecule has 1 aromatic heterocycles. The van der Waals surface area contributed by atoms with Crippen molar-refractivity contribution in [3.05, 3.63) is 21.9 Å². The van der Waals surface area contributed by atoms with Gasteiger partial charge in [-0.05, 0) is 13.3 Å². The molecule has 0 atom stereocenters. The molecule has 0 unspecified atom stereocenters. The molecule has 0 aliphatic carbocycles. The van der Waals surface area contributed by atoms with E-state index in [0.29, 0.717) is 17.9 Å². The lowest BCUT2D eigenvalue weighted by atomic mass is 10.3. The van der Waals surface area contributed by atoms with Crippen LogP contribution in [0.25, 0.3) is 0 Å². The quantitative estimate of drug-likeness (QED) is 0.610. The van der Waals surface area contributed by atoms with Crippen LogP contribution < -0.4 is 11.4 Å². The molecule has 0 aliphatic rings. The van der Waals surface area contributed by atoms with Gasteiger partial charge in [-0.1, -0.05) is 13.3 Å². The van der Waals surface area contributed by atoms with Crippen LogP contribution in [0.4, 0.5) is 0 Å². The zero-order valence-corrected chi connectivity index (χ0v) is 7.24. The Bertz CT molecular complexity index is 331. The number of hydrogen-bond acceptors (Lipinski definition) is 4. The van der Waals surface area contributed by atoms with Gasteiger partial charge >= 0.3 is 0 Å².